The van der Waals surface area contributed by atoms with E-state index in [1.54, 1.807) is 0 Å². The number of nitrogens with two attached hydrogens (primary N) is 1. The highest BCUT2D eigenvalue weighted by atomic mass is 19.1. The van der Waals surface area contributed by atoms with Gasteiger partial charge in [0, 0.05) is 0 Å². The van der Waals surface area contributed by atoms with Crippen LogP contribution in [-0.4, -0.2) is 28.2 Å². The number of nitrogen functional groups attached to an aromatic ring is 1. The van der Waals surface area contributed by atoms with Gasteiger partial charge in [-0.2, -0.15) is 0 Å². The van der Waals surface area contributed by atoms with E-state index in [1.807, 2.05) is 0 Å². The lowest BCUT2D eigenvalue weighted by Gasteiger charge is -2.06. The summed E-state index contributed by atoms with van der Waals surface area (Å²) in [6.07, 6.45) is 0. The van der Waals surface area contributed by atoms with Crippen LogP contribution >= 0.6 is 0 Å². The first-order valence-electron chi connectivity index (χ1n) is 4.40. The number of fused-ring (bicyclic) bond motifs is 1. The molecule has 0 radical (unpaired) electrons. The maximum Gasteiger partial charge on any atom is 0.341 e. The van der Waals surface area contributed by atoms with Crippen LogP contribution in [0.2, 0.25) is 0 Å². The molecule has 0 saturated carbocycles. The van der Waals surface area contributed by atoms with Gasteiger partial charge in [-0.1, -0.05) is 0 Å². The number of nitrogens with zero attached hydrogens (tertiary/aromatic N) is 1. The Bertz CT molecular complexity index is 624. The number of halogens is 2. The Hall–Kier alpha value is -2.38. The largest absolute Gasteiger partial charge is 0.491 e. The van der Waals surface area contributed by atoms with Crippen LogP contribution in [0.15, 0.2) is 0 Å². The minimum absolute atomic E-state index is 0.214. The zero-order chi connectivity index (χ0) is 12.7. The summed E-state index contributed by atoms with van der Waals surface area (Å²) in [5, 5.41) is 8.87. The van der Waals surface area contributed by atoms with Crippen LogP contribution < -0.4 is 10.5 Å². The van der Waals surface area contributed by atoms with Crippen molar-refractivity contribution in [3.63, 3.8) is 0 Å². The number of H-pyrrole nitrogens is 1. The van der Waals surface area contributed by atoms with E-state index in [-0.39, 0.29) is 17.0 Å². The summed E-state index contributed by atoms with van der Waals surface area (Å²) < 4.78 is 31.9. The van der Waals surface area contributed by atoms with Crippen LogP contribution in [0.5, 0.6) is 5.75 Å². The van der Waals surface area contributed by atoms with E-state index in [9.17, 15) is 13.6 Å². The lowest BCUT2D eigenvalue weighted by Crippen LogP contribution is -2.06. The summed E-state index contributed by atoms with van der Waals surface area (Å²) in [4.78, 5) is 16.8. The number of imidazole rings is 1. The van der Waals surface area contributed by atoms with Crippen LogP contribution in [0.3, 0.4) is 0 Å². The molecule has 2 aromatic rings. The normalized spacial score (nSPS) is 10.8. The van der Waals surface area contributed by atoms with Gasteiger partial charge in [0.05, 0.1) is 7.11 Å². The minimum atomic E-state index is -1.59. The van der Waals surface area contributed by atoms with Crippen LogP contribution in [0, 0.1) is 11.6 Å². The highest BCUT2D eigenvalue weighted by Gasteiger charge is 2.27. The summed E-state index contributed by atoms with van der Waals surface area (Å²) in [5.41, 5.74) is 3.80. The summed E-state index contributed by atoms with van der Waals surface area (Å²) >= 11 is 0. The van der Waals surface area contributed by atoms with Gasteiger partial charge < -0.3 is 20.6 Å². The Balaban J connectivity index is 3.00. The number of ether oxygens (including phenoxy) is 1. The van der Waals surface area contributed by atoms with Crippen LogP contribution in [0.4, 0.5) is 14.7 Å². The maximum atomic E-state index is 13.7. The number of hydrogen-bond acceptors (Lipinski definition) is 4. The zero-order valence-electron chi connectivity index (χ0n) is 8.54. The second kappa shape index (κ2) is 3.58. The molecule has 0 amide bonds. The van der Waals surface area contributed by atoms with E-state index >= 15 is 0 Å². The molecule has 6 nitrogen and oxygen atoms in total. The number of nitrogens with one attached hydrogen (secondary N) is 1. The second-order valence-corrected chi connectivity index (χ2v) is 3.19. The third-order valence-corrected chi connectivity index (χ3v) is 2.21. The van der Waals surface area contributed by atoms with Gasteiger partial charge in [-0.15, -0.1) is 0 Å². The third kappa shape index (κ3) is 1.45. The fourth-order valence-corrected chi connectivity index (χ4v) is 1.53. The first kappa shape index (κ1) is 11.1. The molecule has 8 heteroatoms. The average Bonchev–Trinajstić information content (AvgIpc) is 2.60. The van der Waals surface area contributed by atoms with Gasteiger partial charge in [-0.3, -0.25) is 0 Å². The van der Waals surface area contributed by atoms with Gasteiger partial charge in [-0.25, -0.2) is 18.6 Å². The van der Waals surface area contributed by atoms with Gasteiger partial charge >= 0.3 is 5.97 Å². The van der Waals surface area contributed by atoms with E-state index in [0.717, 1.165) is 7.11 Å². The van der Waals surface area contributed by atoms with E-state index < -0.39 is 28.9 Å². The van der Waals surface area contributed by atoms with Crippen molar-refractivity contribution in [3.8, 4) is 5.75 Å². The quantitative estimate of drug-likeness (QED) is 0.733. The van der Waals surface area contributed by atoms with Crippen molar-refractivity contribution in [1.82, 2.24) is 9.97 Å². The van der Waals surface area contributed by atoms with Crippen molar-refractivity contribution in [3.05, 3.63) is 17.2 Å². The van der Waals surface area contributed by atoms with Crippen LogP contribution in [0.25, 0.3) is 11.0 Å². The Morgan fingerprint density at radius 1 is 1.47 bits per heavy atom. The van der Waals surface area contributed by atoms with Gasteiger partial charge in [0.2, 0.25) is 0 Å². The first-order chi connectivity index (χ1) is 7.97. The highest BCUT2D eigenvalue weighted by Crippen LogP contribution is 2.32. The number of carboxylic acid groups (broad SMARTS) is 1. The van der Waals surface area contributed by atoms with Gasteiger partial charge in [0.25, 0.3) is 0 Å². The molecule has 17 heavy (non-hydrogen) atoms. The number of hydrogen-bond donors (Lipinski definition) is 3. The van der Waals surface area contributed by atoms with Gasteiger partial charge in [-0.05, 0) is 0 Å². The number of aromatic nitrogens is 2. The lowest BCUT2D eigenvalue weighted by molar-refractivity contribution is 0.0693. The summed E-state index contributed by atoms with van der Waals surface area (Å²) in [6.45, 7) is 0. The molecule has 4 N–H and O–H groups in total. The SMILES string of the molecule is COc1c(F)c(C(=O)O)c2nc(N)[nH]c2c1F. The standard InChI is InChI=1S/C9H7F2N3O3/c1-17-7-3(10)2(8(15)16)5-6(4(7)11)14-9(12)13-5/h1H3,(H,15,16)(H3,12,13,14). The average molecular weight is 243 g/mol. The number of aromatic carboxylic acids is 1. The number of carboxylic acids is 1. The zero-order valence-corrected chi connectivity index (χ0v) is 8.54. The molecular weight excluding hydrogens is 236 g/mol. The van der Waals surface area contributed by atoms with Crippen molar-refractivity contribution in [1.29, 1.82) is 0 Å². The topological polar surface area (TPSA) is 101 Å². The number of anilines is 1. The van der Waals surface area contributed by atoms with E-state index in [1.165, 1.54) is 0 Å². The van der Waals surface area contributed by atoms with Crippen LogP contribution in [0.1, 0.15) is 10.4 Å². The molecule has 0 aliphatic heterocycles. The molecule has 0 fully saturated rings. The van der Waals surface area contributed by atoms with Gasteiger partial charge in [0.15, 0.2) is 23.3 Å². The molecule has 0 unspecified atom stereocenters. The predicted molar refractivity (Wildman–Crippen MR) is 53.9 cm³/mol. The molecule has 0 aliphatic rings. The summed E-state index contributed by atoms with van der Waals surface area (Å²) in [7, 11) is 1.03. The Morgan fingerprint density at radius 3 is 2.65 bits per heavy atom. The molecule has 1 heterocycles. The van der Waals surface area contributed by atoms with Crippen molar-refractivity contribution in [2.45, 2.75) is 0 Å². The second-order valence-electron chi connectivity index (χ2n) is 3.19. The molecule has 0 spiro atoms. The van der Waals surface area contributed by atoms with Crippen LogP contribution in [-0.2, 0) is 0 Å². The molecule has 2 rings (SSSR count). The van der Waals surface area contributed by atoms with Crippen molar-refractivity contribution >= 4 is 23.0 Å². The Kier molecular flexibility index (Phi) is 2.34. The molecule has 1 aromatic heterocycles. The lowest BCUT2D eigenvalue weighted by atomic mass is 10.1. The number of methoxy groups -OCH3 is 1. The van der Waals surface area contributed by atoms with Crippen molar-refractivity contribution < 1.29 is 23.4 Å². The smallest absolute Gasteiger partial charge is 0.341 e. The number of rotatable bonds is 2. The fourth-order valence-electron chi connectivity index (χ4n) is 1.53. The number of benzene rings is 1. The highest BCUT2D eigenvalue weighted by molar-refractivity contribution is 6.02. The predicted octanol–water partition coefficient (Wildman–Crippen LogP) is 1.13. The summed E-state index contributed by atoms with van der Waals surface area (Å²) in [5.74, 6) is -4.99. The van der Waals surface area contributed by atoms with E-state index in [0.29, 0.717) is 0 Å². The molecule has 1 aromatic carbocycles. The van der Waals surface area contributed by atoms with Gasteiger partial charge in [0.1, 0.15) is 16.6 Å². The molecule has 0 aliphatic carbocycles. The van der Waals surface area contributed by atoms with Crippen molar-refractivity contribution in [2.75, 3.05) is 12.8 Å². The molecule has 0 atom stereocenters. The van der Waals surface area contributed by atoms with E-state index in [2.05, 4.69) is 14.7 Å². The Labute approximate surface area is 93.0 Å². The minimum Gasteiger partial charge on any atom is -0.491 e. The number of carbonyl (C=O) groups is 1. The summed E-state index contributed by atoms with van der Waals surface area (Å²) in [6, 6.07) is 0. The molecular formula is C9H7F2N3O3. The third-order valence-electron chi connectivity index (χ3n) is 2.21. The fraction of sp³-hybridized carbons (Fsp3) is 0.111. The maximum absolute atomic E-state index is 13.7. The molecule has 90 valence electrons. The van der Waals surface area contributed by atoms with E-state index in [4.69, 9.17) is 10.8 Å². The molecule has 0 bridgehead atoms. The monoisotopic (exact) mass is 243 g/mol. The first-order valence-corrected chi connectivity index (χ1v) is 4.40. The van der Waals surface area contributed by atoms with Crippen molar-refractivity contribution in [2.24, 2.45) is 0 Å². The molecule has 0 saturated heterocycles. The number of aromatic amines is 1. The Morgan fingerprint density at radius 2 is 2.12 bits per heavy atom.